The standard InChI is InChI=1S/C16H21N3O4/c1-3-23-14(20)12-5-4-6-18-13(12)19-8-11-7-17-9-16(11,10-19)15(21)22-2/h4-6,11,17H,3,7-10H2,1-2H3/t11-,16-/m0/s1. The second-order valence-electron chi connectivity index (χ2n) is 5.95. The van der Waals surface area contributed by atoms with Crippen molar-refractivity contribution in [2.75, 3.05) is 44.8 Å². The number of ether oxygens (including phenoxy) is 2. The van der Waals surface area contributed by atoms with Crippen molar-refractivity contribution in [3.05, 3.63) is 23.9 Å². The van der Waals surface area contributed by atoms with Gasteiger partial charge in [0.2, 0.25) is 0 Å². The van der Waals surface area contributed by atoms with Crippen LogP contribution >= 0.6 is 0 Å². The Bertz CT molecular complexity index is 621. The minimum absolute atomic E-state index is 0.145. The van der Waals surface area contributed by atoms with Crippen LogP contribution in [0.3, 0.4) is 0 Å². The molecule has 1 aromatic heterocycles. The third-order valence-electron chi connectivity index (χ3n) is 4.70. The highest BCUT2D eigenvalue weighted by molar-refractivity contribution is 5.95. The number of hydrogen-bond donors (Lipinski definition) is 1. The van der Waals surface area contributed by atoms with Gasteiger partial charge in [0.25, 0.3) is 0 Å². The number of carbonyl (C=O) groups excluding carboxylic acids is 2. The van der Waals surface area contributed by atoms with E-state index in [1.165, 1.54) is 7.11 Å². The van der Waals surface area contributed by atoms with Crippen LogP contribution in [-0.2, 0) is 14.3 Å². The lowest BCUT2D eigenvalue weighted by molar-refractivity contribution is -0.151. The van der Waals surface area contributed by atoms with Crippen LogP contribution < -0.4 is 10.2 Å². The van der Waals surface area contributed by atoms with Gasteiger partial charge in [0.1, 0.15) is 16.8 Å². The van der Waals surface area contributed by atoms with Crippen LogP contribution in [0.15, 0.2) is 18.3 Å². The third-order valence-corrected chi connectivity index (χ3v) is 4.70. The summed E-state index contributed by atoms with van der Waals surface area (Å²) in [6.07, 6.45) is 1.65. The zero-order chi connectivity index (χ0) is 16.4. The Morgan fingerprint density at radius 1 is 1.52 bits per heavy atom. The number of fused-ring (bicyclic) bond motifs is 1. The normalized spacial score (nSPS) is 26.0. The van der Waals surface area contributed by atoms with Gasteiger partial charge in [0, 0.05) is 38.3 Å². The summed E-state index contributed by atoms with van der Waals surface area (Å²) in [6, 6.07) is 3.42. The van der Waals surface area contributed by atoms with E-state index in [9.17, 15) is 9.59 Å². The van der Waals surface area contributed by atoms with E-state index in [-0.39, 0.29) is 11.9 Å². The molecule has 7 heteroatoms. The molecule has 3 rings (SSSR count). The van der Waals surface area contributed by atoms with Crippen molar-refractivity contribution in [1.29, 1.82) is 0 Å². The Labute approximate surface area is 135 Å². The van der Waals surface area contributed by atoms with E-state index in [0.717, 1.165) is 6.54 Å². The van der Waals surface area contributed by atoms with Crippen LogP contribution in [0.5, 0.6) is 0 Å². The number of esters is 2. The fourth-order valence-corrected chi connectivity index (χ4v) is 3.59. The molecule has 0 spiro atoms. The maximum Gasteiger partial charge on any atom is 0.341 e. The van der Waals surface area contributed by atoms with Crippen LogP contribution in [-0.4, -0.2) is 56.8 Å². The fourth-order valence-electron chi connectivity index (χ4n) is 3.59. The van der Waals surface area contributed by atoms with E-state index in [1.807, 2.05) is 4.90 Å². The first kappa shape index (κ1) is 15.7. The highest BCUT2D eigenvalue weighted by Crippen LogP contribution is 2.42. The zero-order valence-electron chi connectivity index (χ0n) is 13.4. The van der Waals surface area contributed by atoms with Crippen LogP contribution in [0.2, 0.25) is 0 Å². The number of anilines is 1. The Balaban J connectivity index is 1.90. The predicted molar refractivity (Wildman–Crippen MR) is 83.2 cm³/mol. The van der Waals surface area contributed by atoms with Crippen LogP contribution in [0.4, 0.5) is 5.82 Å². The summed E-state index contributed by atoms with van der Waals surface area (Å²) in [6.45, 7) is 4.57. The Hall–Kier alpha value is -2.15. The van der Waals surface area contributed by atoms with E-state index < -0.39 is 11.4 Å². The number of rotatable bonds is 4. The van der Waals surface area contributed by atoms with Gasteiger partial charge in [-0.3, -0.25) is 4.79 Å². The molecule has 1 N–H and O–H groups in total. The number of nitrogens with zero attached hydrogens (tertiary/aromatic N) is 2. The Morgan fingerprint density at radius 3 is 3.09 bits per heavy atom. The molecular formula is C16H21N3O4. The van der Waals surface area contributed by atoms with Crippen LogP contribution in [0.1, 0.15) is 17.3 Å². The molecule has 3 heterocycles. The third kappa shape index (κ3) is 2.55. The zero-order valence-corrected chi connectivity index (χ0v) is 13.4. The topological polar surface area (TPSA) is 80.8 Å². The summed E-state index contributed by atoms with van der Waals surface area (Å²) in [7, 11) is 1.42. The highest BCUT2D eigenvalue weighted by Gasteiger charge is 2.56. The van der Waals surface area contributed by atoms with E-state index in [1.54, 1.807) is 25.3 Å². The van der Waals surface area contributed by atoms with Gasteiger partial charge in [-0.05, 0) is 19.1 Å². The Kier molecular flexibility index (Phi) is 4.21. The first-order valence-corrected chi connectivity index (χ1v) is 7.78. The average Bonchev–Trinajstić information content (AvgIpc) is 3.12. The van der Waals surface area contributed by atoms with Crippen molar-refractivity contribution >= 4 is 17.8 Å². The van der Waals surface area contributed by atoms with E-state index in [2.05, 4.69) is 10.3 Å². The summed E-state index contributed by atoms with van der Waals surface area (Å²) in [5.74, 6) is 0.122. The largest absolute Gasteiger partial charge is 0.468 e. The van der Waals surface area contributed by atoms with Crippen molar-refractivity contribution in [2.45, 2.75) is 6.92 Å². The van der Waals surface area contributed by atoms with Crippen LogP contribution in [0.25, 0.3) is 0 Å². The molecule has 0 bridgehead atoms. The minimum Gasteiger partial charge on any atom is -0.468 e. The highest BCUT2D eigenvalue weighted by atomic mass is 16.5. The van der Waals surface area contributed by atoms with Gasteiger partial charge in [-0.25, -0.2) is 9.78 Å². The number of carbonyl (C=O) groups is 2. The molecule has 2 fully saturated rings. The second kappa shape index (κ2) is 6.16. The van der Waals surface area contributed by atoms with Gasteiger partial charge in [0.05, 0.1) is 13.7 Å². The fraction of sp³-hybridized carbons (Fsp3) is 0.562. The molecule has 0 unspecified atom stereocenters. The maximum absolute atomic E-state index is 12.3. The van der Waals surface area contributed by atoms with Gasteiger partial charge < -0.3 is 19.7 Å². The van der Waals surface area contributed by atoms with E-state index >= 15 is 0 Å². The molecule has 2 aliphatic heterocycles. The molecule has 0 aliphatic carbocycles. The maximum atomic E-state index is 12.3. The first-order valence-electron chi connectivity index (χ1n) is 7.78. The van der Waals surface area contributed by atoms with Gasteiger partial charge in [-0.15, -0.1) is 0 Å². The van der Waals surface area contributed by atoms with Crippen molar-refractivity contribution in [3.8, 4) is 0 Å². The molecule has 1 aromatic rings. The second-order valence-corrected chi connectivity index (χ2v) is 5.95. The van der Waals surface area contributed by atoms with Crippen molar-refractivity contribution in [1.82, 2.24) is 10.3 Å². The number of nitrogens with one attached hydrogen (secondary N) is 1. The molecule has 2 saturated heterocycles. The summed E-state index contributed by atoms with van der Waals surface area (Å²) >= 11 is 0. The predicted octanol–water partition coefficient (Wildman–Crippen LogP) is 0.457. The first-order chi connectivity index (χ1) is 11.1. The number of pyridine rings is 1. The lowest BCUT2D eigenvalue weighted by Crippen LogP contribution is -2.41. The lowest BCUT2D eigenvalue weighted by Gasteiger charge is -2.25. The quantitative estimate of drug-likeness (QED) is 0.807. The summed E-state index contributed by atoms with van der Waals surface area (Å²) in [5, 5.41) is 3.27. The SMILES string of the molecule is CCOC(=O)c1cccnc1N1C[C@@H]2CNC[C@]2(C(=O)OC)C1. The van der Waals surface area contributed by atoms with Gasteiger partial charge >= 0.3 is 11.9 Å². The van der Waals surface area contributed by atoms with Gasteiger partial charge in [0.15, 0.2) is 0 Å². The molecule has 7 nitrogen and oxygen atoms in total. The van der Waals surface area contributed by atoms with Crippen molar-refractivity contribution < 1.29 is 19.1 Å². The Morgan fingerprint density at radius 2 is 2.35 bits per heavy atom. The number of methoxy groups -OCH3 is 1. The molecule has 0 saturated carbocycles. The smallest absolute Gasteiger partial charge is 0.341 e. The van der Waals surface area contributed by atoms with E-state index in [0.29, 0.717) is 37.6 Å². The summed E-state index contributed by atoms with van der Waals surface area (Å²) in [4.78, 5) is 30.8. The number of hydrogen-bond acceptors (Lipinski definition) is 7. The molecule has 23 heavy (non-hydrogen) atoms. The van der Waals surface area contributed by atoms with Crippen molar-refractivity contribution in [2.24, 2.45) is 11.3 Å². The molecule has 124 valence electrons. The van der Waals surface area contributed by atoms with Crippen molar-refractivity contribution in [3.63, 3.8) is 0 Å². The molecule has 2 aliphatic rings. The molecule has 0 radical (unpaired) electrons. The number of aromatic nitrogens is 1. The summed E-state index contributed by atoms with van der Waals surface area (Å²) < 4.78 is 10.1. The van der Waals surface area contributed by atoms with Crippen LogP contribution in [0, 0.1) is 11.3 Å². The minimum atomic E-state index is -0.571. The molecule has 0 aromatic carbocycles. The molecule has 0 amide bonds. The van der Waals surface area contributed by atoms with Gasteiger partial charge in [-0.2, -0.15) is 0 Å². The van der Waals surface area contributed by atoms with Gasteiger partial charge in [-0.1, -0.05) is 0 Å². The molecule has 2 atom stereocenters. The van der Waals surface area contributed by atoms with E-state index in [4.69, 9.17) is 9.47 Å². The average molecular weight is 319 g/mol. The molecular weight excluding hydrogens is 298 g/mol. The lowest BCUT2D eigenvalue weighted by atomic mass is 9.81. The summed E-state index contributed by atoms with van der Waals surface area (Å²) in [5.41, 5.74) is -0.139. The monoisotopic (exact) mass is 319 g/mol.